The minimum absolute atomic E-state index is 0.266. The van der Waals surface area contributed by atoms with Gasteiger partial charge >= 0.3 is 6.09 Å². The van der Waals surface area contributed by atoms with Crippen LogP contribution in [0.5, 0.6) is 11.5 Å². The molecule has 12 heteroatoms. The summed E-state index contributed by atoms with van der Waals surface area (Å²) in [5.41, 5.74) is -1.63. The molecule has 0 aliphatic carbocycles. The van der Waals surface area contributed by atoms with Crippen molar-refractivity contribution < 1.29 is 65.7 Å². The van der Waals surface area contributed by atoms with Crippen LogP contribution < -0.4 is 9.47 Å². The molecule has 2 heterocycles. The first-order chi connectivity index (χ1) is 26.8. The Hall–Kier alpha value is -3.32. The average Bonchev–Trinajstić information content (AvgIpc) is 3.75. The van der Waals surface area contributed by atoms with E-state index in [-0.39, 0.29) is 9.21 Å². The molecule has 0 spiro atoms. The maximum absolute atomic E-state index is 14.7. The van der Waals surface area contributed by atoms with E-state index in [0.29, 0.717) is 0 Å². The molecule has 0 radical (unpaired) electrons. The number of carbonyl (C=O) groups is 1. The van der Waals surface area contributed by atoms with Gasteiger partial charge in [0.25, 0.3) is 0 Å². The molecule has 2 aromatic rings. The first kappa shape index (κ1) is 14.7. The third-order valence-corrected chi connectivity index (χ3v) is 7.27. The highest BCUT2D eigenvalue weighted by atomic mass is 32.2. The maximum Gasteiger partial charge on any atom is 0.408 e. The van der Waals surface area contributed by atoms with E-state index in [1.807, 2.05) is 0 Å². The molecule has 2 aromatic carbocycles. The average molecular weight is 609 g/mol. The molecule has 1 saturated heterocycles. The van der Waals surface area contributed by atoms with Crippen LogP contribution in [-0.4, -0.2) is 93.6 Å². The van der Waals surface area contributed by atoms with Crippen LogP contribution in [0.25, 0.3) is 0 Å². The van der Waals surface area contributed by atoms with Crippen LogP contribution in [0, 0.1) is 11.8 Å². The topological polar surface area (TPSA) is 135 Å². The van der Waals surface area contributed by atoms with E-state index in [4.69, 9.17) is 30.7 Å². The number of carboxylic acid groups (broad SMARTS) is 1. The van der Waals surface area contributed by atoms with Crippen molar-refractivity contribution in [1.82, 2.24) is 9.21 Å². The Balaban J connectivity index is 2.20. The summed E-state index contributed by atoms with van der Waals surface area (Å²) in [5, 5.41) is 15.4. The maximum atomic E-state index is 14.7. The summed E-state index contributed by atoms with van der Waals surface area (Å²) < 4.78 is 204. The summed E-state index contributed by atoms with van der Waals surface area (Å²) >= 11 is 0. The van der Waals surface area contributed by atoms with Crippen LogP contribution in [0.4, 0.5) is 4.79 Å². The zero-order chi connectivity index (χ0) is 45.3. The van der Waals surface area contributed by atoms with Gasteiger partial charge in [-0.1, -0.05) is 25.9 Å². The number of ether oxygens (including phenoxy) is 4. The van der Waals surface area contributed by atoms with Gasteiger partial charge in [-0.3, -0.25) is 4.90 Å². The molecule has 0 aromatic heterocycles. The first-order valence-electron chi connectivity index (χ1n) is 20.8. The highest BCUT2D eigenvalue weighted by Gasteiger charge is 2.48. The van der Waals surface area contributed by atoms with E-state index in [1.165, 1.54) is 19.9 Å². The predicted octanol–water partition coefficient (Wildman–Crippen LogP) is 3.19. The number of nitrogens with zero attached hydrogens (tertiary/aromatic N) is 2. The van der Waals surface area contributed by atoms with Crippen molar-refractivity contribution in [3.8, 4) is 11.5 Å². The molecule has 4 rings (SSSR count). The lowest BCUT2D eigenvalue weighted by Crippen LogP contribution is -2.57. The van der Waals surface area contributed by atoms with Gasteiger partial charge in [0, 0.05) is 18.5 Å². The molecule has 1 fully saturated rings. The van der Waals surface area contributed by atoms with Crippen molar-refractivity contribution in [2.45, 2.75) is 49.5 Å². The monoisotopic (exact) mass is 608 g/mol. The Morgan fingerprint density at radius 1 is 1.22 bits per heavy atom. The molecule has 0 saturated carbocycles. The minimum atomic E-state index is -5.91. The number of hydrogen-bond acceptors (Lipinski definition) is 8. The fourth-order valence-corrected chi connectivity index (χ4v) is 5.18. The van der Waals surface area contributed by atoms with Crippen molar-refractivity contribution in [1.29, 1.82) is 1.43 Å². The molecule has 224 valence electrons. The van der Waals surface area contributed by atoms with Gasteiger partial charge in [-0.25, -0.2) is 13.2 Å². The van der Waals surface area contributed by atoms with Gasteiger partial charge in [-0.05, 0) is 60.2 Å². The summed E-state index contributed by atoms with van der Waals surface area (Å²) in [5.74, 6) is -4.30. The fraction of sp³-hybridized carbons (Fsp3) is 0.483. The first-order valence-corrected chi connectivity index (χ1v) is 13.4. The van der Waals surface area contributed by atoms with E-state index in [1.54, 1.807) is 0 Å². The summed E-state index contributed by atoms with van der Waals surface area (Å²) in [4.78, 5) is 11.7. The molecule has 41 heavy (non-hydrogen) atoms. The highest BCUT2D eigenvalue weighted by molar-refractivity contribution is 7.89. The summed E-state index contributed by atoms with van der Waals surface area (Å²) in [7, 11) is -8.36. The predicted molar refractivity (Wildman–Crippen MR) is 150 cm³/mol. The Bertz CT molecular complexity index is 2080. The van der Waals surface area contributed by atoms with Crippen LogP contribution in [0.3, 0.4) is 0 Å². The van der Waals surface area contributed by atoms with Gasteiger partial charge in [0.1, 0.15) is 11.5 Å². The number of fused-ring (bicyclic) bond motifs is 1. The van der Waals surface area contributed by atoms with E-state index in [0.717, 1.165) is 13.4 Å². The second-order valence-corrected chi connectivity index (χ2v) is 10.8. The number of benzene rings is 2. The molecule has 1 amide bonds. The van der Waals surface area contributed by atoms with E-state index in [9.17, 15) is 26.5 Å². The fourth-order valence-electron chi connectivity index (χ4n) is 3.90. The summed E-state index contributed by atoms with van der Waals surface area (Å²) in [6.45, 7) is -3.80. The van der Waals surface area contributed by atoms with Crippen LogP contribution in [0.15, 0.2) is 65.6 Å². The van der Waals surface area contributed by atoms with Crippen molar-refractivity contribution in [2.75, 3.05) is 33.8 Å². The molecule has 2 N–H and O–H groups in total. The molecule has 5 atom stereocenters. The zero-order valence-corrected chi connectivity index (χ0v) is 22.7. The lowest BCUT2D eigenvalue weighted by molar-refractivity contribution is -0.0690. The minimum Gasteiger partial charge on any atom is -0.497 e. The SMILES string of the molecule is [2H]O[C@]([2H])(C([2H])([2H])N(CC(C)C)S(=O)(=O)c1c([2H])c([2H])c(OC)c([2H])c1[2H])[C@@]([2H])(N(C(=O)O)C1CO[C@@H]2OC=C[C@@H]12)C([2H])([2H])c1c([2H])c([2H])c(OC([2H])([2H])[2H])c([2H])c1[2H]. The van der Waals surface area contributed by atoms with Crippen molar-refractivity contribution in [3.05, 3.63) is 66.2 Å². The molecule has 2 aliphatic heterocycles. The summed E-state index contributed by atoms with van der Waals surface area (Å²) in [6.07, 6.45) is -10.5. The van der Waals surface area contributed by atoms with Gasteiger partial charge in [-0.2, -0.15) is 4.31 Å². The van der Waals surface area contributed by atoms with E-state index < -0.39 is 156 Å². The number of aliphatic hydroxyl groups is 1. The smallest absolute Gasteiger partial charge is 0.408 e. The molecule has 1 unspecified atom stereocenters. The third kappa shape index (κ3) is 6.95. The van der Waals surface area contributed by atoms with E-state index in [2.05, 4.69) is 9.85 Å². The van der Waals surface area contributed by atoms with Crippen LogP contribution in [0.2, 0.25) is 0 Å². The van der Waals surface area contributed by atoms with Gasteiger partial charge in [0.05, 0.1) is 73.8 Å². The Morgan fingerprint density at radius 2 is 1.90 bits per heavy atom. The molecule has 2 aliphatic rings. The van der Waals surface area contributed by atoms with Crippen molar-refractivity contribution >= 4 is 16.1 Å². The Labute approximate surface area is 266 Å². The highest BCUT2D eigenvalue weighted by Crippen LogP contribution is 2.34. The van der Waals surface area contributed by atoms with Crippen molar-refractivity contribution in [2.24, 2.45) is 11.8 Å². The summed E-state index contributed by atoms with van der Waals surface area (Å²) in [6, 6.07) is -17.1. The second kappa shape index (κ2) is 13.1. The lowest BCUT2D eigenvalue weighted by Gasteiger charge is -2.39. The van der Waals surface area contributed by atoms with Gasteiger partial charge in [0.2, 0.25) is 17.7 Å². The molecule has 0 bridgehead atoms. The van der Waals surface area contributed by atoms with Crippen LogP contribution in [-0.2, 0) is 25.9 Å². The Morgan fingerprint density at radius 3 is 2.51 bits per heavy atom. The Kier molecular flexibility index (Phi) is 4.71. The quantitative estimate of drug-likeness (QED) is 0.332. The number of amides is 1. The molecular formula is C29H38N2O9S. The van der Waals surface area contributed by atoms with Crippen LogP contribution in [0.1, 0.15) is 42.7 Å². The normalized spacial score (nSPS) is 30.2. The zero-order valence-electron chi connectivity index (χ0n) is 39.9. The van der Waals surface area contributed by atoms with E-state index >= 15 is 0 Å². The van der Waals surface area contributed by atoms with Crippen molar-refractivity contribution in [3.63, 3.8) is 0 Å². The molecule has 11 nitrogen and oxygen atoms in total. The largest absolute Gasteiger partial charge is 0.497 e. The van der Waals surface area contributed by atoms with Gasteiger partial charge in [0.15, 0.2) is 0 Å². The number of rotatable bonds is 14. The van der Waals surface area contributed by atoms with Gasteiger partial charge in [-0.15, -0.1) is 0 Å². The molecular weight excluding hydrogens is 552 g/mol. The van der Waals surface area contributed by atoms with Crippen LogP contribution >= 0.6 is 0 Å². The number of sulfonamides is 1. The second-order valence-electron chi connectivity index (χ2n) is 8.98. The van der Waals surface area contributed by atoms with Gasteiger partial charge < -0.3 is 29.2 Å². The third-order valence-electron chi connectivity index (χ3n) is 5.73. The standard InChI is InChI=1S/C29H38N2O9S/c1-19(2)16-30(41(35,36)23-11-9-22(38-4)10-12-23)17-27(32)25(15-20-5-7-21(37-3)8-6-20)31(29(33)34)26-18-40-28-24(26)13-14-39-28/h5-14,19,24-28,32H,15-18H2,1-4H3,(H,33,34)/t24-,25-,26?,27+,28-/m0/s1/i3D3,5D,6D,7D,8D,9D,10D,11D,12D,15D2,17D2,25D,27D,32D. The number of hydrogen-bond donors (Lipinski definition) is 2. The lowest BCUT2D eigenvalue weighted by atomic mass is 9.94. The number of methoxy groups -OCH3 is 2.